The zero-order valence-corrected chi connectivity index (χ0v) is 7.97. The van der Waals surface area contributed by atoms with Gasteiger partial charge in [0, 0.05) is 12.5 Å². The Labute approximate surface area is 74.0 Å². The second-order valence-electron chi connectivity index (χ2n) is 4.35. The van der Waals surface area contributed by atoms with Gasteiger partial charge in [-0.1, -0.05) is 6.92 Å². The van der Waals surface area contributed by atoms with E-state index in [1.165, 1.54) is 0 Å². The normalized spacial score (nSPS) is 36.4. The molecule has 1 aliphatic rings. The van der Waals surface area contributed by atoms with Crippen LogP contribution in [0.1, 0.15) is 39.5 Å². The van der Waals surface area contributed by atoms with E-state index < -0.39 is 0 Å². The maximum Gasteiger partial charge on any atom is 0.132 e. The van der Waals surface area contributed by atoms with Gasteiger partial charge in [0.15, 0.2) is 0 Å². The van der Waals surface area contributed by atoms with Crippen LogP contribution in [0.25, 0.3) is 0 Å². The van der Waals surface area contributed by atoms with Gasteiger partial charge in [-0.15, -0.1) is 0 Å². The Bertz CT molecular complexity index is 167. The lowest BCUT2D eigenvalue weighted by Crippen LogP contribution is -2.30. The van der Waals surface area contributed by atoms with E-state index in [2.05, 4.69) is 6.92 Å². The second kappa shape index (κ2) is 3.56. The molecule has 0 radical (unpaired) electrons. The van der Waals surface area contributed by atoms with Crippen LogP contribution in [0.3, 0.4) is 0 Å². The molecule has 1 fully saturated rings. The summed E-state index contributed by atoms with van der Waals surface area (Å²) in [6, 6.07) is 0. The summed E-state index contributed by atoms with van der Waals surface area (Å²) in [4.78, 5) is 11.0. The van der Waals surface area contributed by atoms with Crippen molar-refractivity contribution in [2.24, 2.45) is 11.3 Å². The number of aliphatic hydroxyl groups is 1. The molecule has 1 N–H and O–H groups in total. The third-order valence-electron chi connectivity index (χ3n) is 3.15. The average molecular weight is 170 g/mol. The number of carbonyl (C=O) groups is 1. The lowest BCUT2D eigenvalue weighted by molar-refractivity contribution is -0.122. The van der Waals surface area contributed by atoms with E-state index in [1.807, 2.05) is 0 Å². The molecule has 1 rings (SSSR count). The molecule has 0 saturated heterocycles. The summed E-state index contributed by atoms with van der Waals surface area (Å²) in [6.07, 6.45) is 3.92. The van der Waals surface area contributed by atoms with Crippen molar-refractivity contribution in [1.29, 1.82) is 0 Å². The number of hydrogen-bond donors (Lipinski definition) is 1. The van der Waals surface area contributed by atoms with E-state index >= 15 is 0 Å². The van der Waals surface area contributed by atoms with Crippen molar-refractivity contribution in [3.63, 3.8) is 0 Å². The molecule has 0 aromatic rings. The molecule has 0 amide bonds. The van der Waals surface area contributed by atoms with Gasteiger partial charge in [-0.2, -0.15) is 0 Å². The highest BCUT2D eigenvalue weighted by Crippen LogP contribution is 2.38. The first-order valence-corrected chi connectivity index (χ1v) is 4.69. The minimum Gasteiger partial charge on any atom is -0.396 e. The first kappa shape index (κ1) is 9.72. The fourth-order valence-electron chi connectivity index (χ4n) is 1.88. The first-order chi connectivity index (χ1) is 5.57. The number of aliphatic hydroxyl groups excluding tert-OH is 1. The fraction of sp³-hybridized carbons (Fsp3) is 0.900. The van der Waals surface area contributed by atoms with E-state index in [0.717, 1.165) is 25.7 Å². The highest BCUT2D eigenvalue weighted by molar-refractivity contribution is 5.78. The van der Waals surface area contributed by atoms with Gasteiger partial charge in [-0.25, -0.2) is 0 Å². The van der Waals surface area contributed by atoms with Crippen molar-refractivity contribution in [3.8, 4) is 0 Å². The molecule has 0 aliphatic heterocycles. The van der Waals surface area contributed by atoms with Gasteiger partial charge in [-0.05, 0) is 38.0 Å². The van der Waals surface area contributed by atoms with E-state index in [0.29, 0.717) is 5.78 Å². The SMILES string of the molecule is CC(=O)C1CCC(C)(CO)CC1. The Morgan fingerprint density at radius 2 is 2.00 bits per heavy atom. The van der Waals surface area contributed by atoms with Gasteiger partial charge >= 0.3 is 0 Å². The van der Waals surface area contributed by atoms with Crippen molar-refractivity contribution in [2.75, 3.05) is 6.61 Å². The summed E-state index contributed by atoms with van der Waals surface area (Å²) < 4.78 is 0. The Kier molecular flexibility index (Phi) is 2.89. The smallest absolute Gasteiger partial charge is 0.132 e. The minimum absolute atomic E-state index is 0.0892. The highest BCUT2D eigenvalue weighted by Gasteiger charge is 2.31. The van der Waals surface area contributed by atoms with Gasteiger partial charge in [0.2, 0.25) is 0 Å². The van der Waals surface area contributed by atoms with Gasteiger partial charge in [0.05, 0.1) is 0 Å². The second-order valence-corrected chi connectivity index (χ2v) is 4.35. The molecule has 0 heterocycles. The molecule has 0 bridgehead atoms. The quantitative estimate of drug-likeness (QED) is 0.685. The Morgan fingerprint density at radius 1 is 1.50 bits per heavy atom. The topological polar surface area (TPSA) is 37.3 Å². The summed E-state index contributed by atoms with van der Waals surface area (Å²) >= 11 is 0. The molecule has 0 unspecified atom stereocenters. The third-order valence-corrected chi connectivity index (χ3v) is 3.15. The first-order valence-electron chi connectivity index (χ1n) is 4.69. The molecule has 70 valence electrons. The molecule has 0 spiro atoms. The minimum atomic E-state index is 0.0892. The van der Waals surface area contributed by atoms with E-state index in [1.54, 1.807) is 6.92 Å². The Balaban J connectivity index is 2.44. The monoisotopic (exact) mass is 170 g/mol. The number of ketones is 1. The van der Waals surface area contributed by atoms with Gasteiger partial charge < -0.3 is 5.11 Å². The number of Topliss-reactive ketones (excluding diaryl/α,β-unsaturated/α-hetero) is 1. The molecule has 12 heavy (non-hydrogen) atoms. The van der Waals surface area contributed by atoms with Crippen LogP contribution in [0.2, 0.25) is 0 Å². The lowest BCUT2D eigenvalue weighted by Gasteiger charge is -2.34. The molecule has 1 aliphatic carbocycles. The maximum atomic E-state index is 11.0. The third kappa shape index (κ3) is 2.07. The van der Waals surface area contributed by atoms with Crippen LogP contribution in [-0.4, -0.2) is 17.5 Å². The number of hydrogen-bond acceptors (Lipinski definition) is 2. The number of rotatable bonds is 2. The van der Waals surface area contributed by atoms with Crippen LogP contribution in [0.5, 0.6) is 0 Å². The molecule has 2 nitrogen and oxygen atoms in total. The summed E-state index contributed by atoms with van der Waals surface area (Å²) in [5.74, 6) is 0.583. The Hall–Kier alpha value is -0.370. The fourth-order valence-corrected chi connectivity index (χ4v) is 1.88. The molecular weight excluding hydrogens is 152 g/mol. The van der Waals surface area contributed by atoms with E-state index in [4.69, 9.17) is 5.11 Å². The molecular formula is C10H18O2. The molecule has 1 saturated carbocycles. The largest absolute Gasteiger partial charge is 0.396 e. The molecule has 0 atom stereocenters. The molecule has 0 aromatic heterocycles. The molecule has 2 heteroatoms. The van der Waals surface area contributed by atoms with Crippen LogP contribution >= 0.6 is 0 Å². The highest BCUT2D eigenvalue weighted by atomic mass is 16.3. The summed E-state index contributed by atoms with van der Waals surface area (Å²) in [5.41, 5.74) is 0.0892. The van der Waals surface area contributed by atoms with Crippen LogP contribution < -0.4 is 0 Å². The van der Waals surface area contributed by atoms with E-state index in [-0.39, 0.29) is 17.9 Å². The van der Waals surface area contributed by atoms with Crippen molar-refractivity contribution >= 4 is 5.78 Å². The van der Waals surface area contributed by atoms with Crippen LogP contribution in [0.4, 0.5) is 0 Å². The van der Waals surface area contributed by atoms with Crippen molar-refractivity contribution in [1.82, 2.24) is 0 Å². The van der Waals surface area contributed by atoms with Gasteiger partial charge in [0.25, 0.3) is 0 Å². The standard InChI is InChI=1S/C10H18O2/c1-8(12)9-3-5-10(2,7-11)6-4-9/h9,11H,3-7H2,1-2H3. The number of carbonyl (C=O) groups excluding carboxylic acids is 1. The average Bonchev–Trinajstić information content (AvgIpc) is 2.05. The van der Waals surface area contributed by atoms with E-state index in [9.17, 15) is 4.79 Å². The predicted molar refractivity (Wildman–Crippen MR) is 47.8 cm³/mol. The zero-order valence-electron chi connectivity index (χ0n) is 7.97. The maximum absolute atomic E-state index is 11.0. The summed E-state index contributed by atoms with van der Waals surface area (Å²) in [6.45, 7) is 4.03. The van der Waals surface area contributed by atoms with Crippen molar-refractivity contribution in [3.05, 3.63) is 0 Å². The summed E-state index contributed by atoms with van der Waals surface area (Å²) in [7, 11) is 0. The van der Waals surface area contributed by atoms with Crippen LogP contribution in [0.15, 0.2) is 0 Å². The van der Waals surface area contributed by atoms with Crippen LogP contribution in [-0.2, 0) is 4.79 Å². The molecule has 0 aromatic carbocycles. The Morgan fingerprint density at radius 3 is 2.33 bits per heavy atom. The van der Waals surface area contributed by atoms with Gasteiger partial charge in [0.1, 0.15) is 5.78 Å². The van der Waals surface area contributed by atoms with Crippen molar-refractivity contribution < 1.29 is 9.90 Å². The summed E-state index contributed by atoms with van der Waals surface area (Å²) in [5, 5.41) is 9.09. The zero-order chi connectivity index (χ0) is 9.19. The van der Waals surface area contributed by atoms with Gasteiger partial charge in [-0.3, -0.25) is 4.79 Å². The van der Waals surface area contributed by atoms with Crippen LogP contribution in [0, 0.1) is 11.3 Å². The van der Waals surface area contributed by atoms with Crippen molar-refractivity contribution in [2.45, 2.75) is 39.5 Å². The lowest BCUT2D eigenvalue weighted by atomic mass is 9.71. The predicted octanol–water partition coefficient (Wildman–Crippen LogP) is 1.76.